The lowest BCUT2D eigenvalue weighted by Crippen LogP contribution is -2.08. The number of aliphatic hydroxyl groups excluding tert-OH is 1. The highest BCUT2D eigenvalue weighted by Crippen LogP contribution is 2.22. The zero-order valence-electron chi connectivity index (χ0n) is 19.5. The Morgan fingerprint density at radius 2 is 1.64 bits per heavy atom. The first kappa shape index (κ1) is 28.2. The van der Waals surface area contributed by atoms with Crippen LogP contribution in [0.1, 0.15) is 45.1 Å². The lowest BCUT2D eigenvalue weighted by molar-refractivity contribution is -0.131. The van der Waals surface area contributed by atoms with Crippen LogP contribution in [0.25, 0.3) is 6.08 Å². The van der Waals surface area contributed by atoms with E-state index >= 15 is 0 Å². The van der Waals surface area contributed by atoms with E-state index in [-0.39, 0.29) is 12.0 Å². The van der Waals surface area contributed by atoms with E-state index in [0.29, 0.717) is 0 Å². The Hall–Kier alpha value is -2.88. The van der Waals surface area contributed by atoms with Crippen LogP contribution in [-0.2, 0) is 4.79 Å². The fraction of sp³-hybridized carbons (Fsp3) is 0.276. The van der Waals surface area contributed by atoms with E-state index in [1.54, 1.807) is 6.08 Å². The fourth-order valence-corrected chi connectivity index (χ4v) is 3.02. The molecule has 33 heavy (non-hydrogen) atoms. The molecule has 0 saturated carbocycles. The number of benzene rings is 1. The van der Waals surface area contributed by atoms with Crippen molar-refractivity contribution in [3.8, 4) is 0 Å². The van der Waals surface area contributed by atoms with E-state index < -0.39 is 5.97 Å². The van der Waals surface area contributed by atoms with Crippen LogP contribution in [0.4, 0.5) is 0 Å². The van der Waals surface area contributed by atoms with Crippen LogP contribution in [0.5, 0.6) is 0 Å². The van der Waals surface area contributed by atoms with Gasteiger partial charge in [0.15, 0.2) is 0 Å². The van der Waals surface area contributed by atoms with Gasteiger partial charge in [0, 0.05) is 11.1 Å². The maximum absolute atomic E-state index is 10.4. The summed E-state index contributed by atoms with van der Waals surface area (Å²) in [5.74, 6) is -0.784. The van der Waals surface area contributed by atoms with Gasteiger partial charge in [0.05, 0.1) is 6.10 Å². The molecular formula is C29H35ClO3. The summed E-state index contributed by atoms with van der Waals surface area (Å²) >= 11 is 6.38. The summed E-state index contributed by atoms with van der Waals surface area (Å²) in [4.78, 5) is 10.4. The van der Waals surface area contributed by atoms with Gasteiger partial charge in [-0.2, -0.15) is 0 Å². The molecular weight excluding hydrogens is 432 g/mol. The van der Waals surface area contributed by atoms with E-state index in [1.165, 1.54) is 11.6 Å². The van der Waals surface area contributed by atoms with Gasteiger partial charge in [-0.25, -0.2) is 4.79 Å². The standard InChI is InChI=1S/C29H35ClO3/c1-24(15-11-13-21-29(32)33)14-10-12-20-28(30)25(2)22-23-27(31)19-9-4-3-6-16-26-17-7-5-8-18-26/h3-8,10-18,20-21,25,27,31H,9,19,22-23H2,1-2H3,(H,32,33)/b4-3+,12-10+,15-11+,16-6+,21-13+,24-14+,28-20-/t25-,27+/m0/s1. The topological polar surface area (TPSA) is 57.5 Å². The second-order valence-corrected chi connectivity index (χ2v) is 8.25. The molecule has 1 aromatic carbocycles. The van der Waals surface area contributed by atoms with E-state index in [0.717, 1.165) is 42.4 Å². The first-order chi connectivity index (χ1) is 15.9. The smallest absolute Gasteiger partial charge is 0.328 e. The Morgan fingerprint density at radius 3 is 2.36 bits per heavy atom. The lowest BCUT2D eigenvalue weighted by Gasteiger charge is -2.13. The molecule has 2 N–H and O–H groups in total. The van der Waals surface area contributed by atoms with Crippen molar-refractivity contribution < 1.29 is 15.0 Å². The molecule has 0 aliphatic heterocycles. The zero-order chi connectivity index (χ0) is 24.3. The quantitative estimate of drug-likeness (QED) is 0.219. The number of aliphatic carboxylic acids is 1. The second kappa shape index (κ2) is 17.6. The summed E-state index contributed by atoms with van der Waals surface area (Å²) in [5.41, 5.74) is 2.16. The molecule has 0 aliphatic carbocycles. The maximum Gasteiger partial charge on any atom is 0.328 e. The molecule has 0 aromatic heterocycles. The monoisotopic (exact) mass is 466 g/mol. The van der Waals surface area contributed by atoms with Crippen LogP contribution in [0.2, 0.25) is 0 Å². The van der Waals surface area contributed by atoms with Crippen LogP contribution in [0.15, 0.2) is 108 Å². The fourth-order valence-electron chi connectivity index (χ4n) is 2.84. The van der Waals surface area contributed by atoms with Crippen molar-refractivity contribution in [2.45, 2.75) is 45.6 Å². The Labute approximate surface area is 203 Å². The lowest BCUT2D eigenvalue weighted by atomic mass is 10.00. The summed E-state index contributed by atoms with van der Waals surface area (Å²) in [5, 5.41) is 19.5. The number of aliphatic hydroxyl groups is 1. The van der Waals surface area contributed by atoms with Gasteiger partial charge < -0.3 is 10.2 Å². The van der Waals surface area contributed by atoms with Gasteiger partial charge in [-0.15, -0.1) is 0 Å². The van der Waals surface area contributed by atoms with Gasteiger partial charge in [-0.1, -0.05) is 115 Å². The molecule has 3 nitrogen and oxygen atoms in total. The number of hydrogen-bond donors (Lipinski definition) is 2. The highest BCUT2D eigenvalue weighted by molar-refractivity contribution is 6.29. The average Bonchev–Trinajstić information content (AvgIpc) is 2.80. The number of halogens is 1. The Kier molecular flexibility index (Phi) is 15.1. The molecule has 176 valence electrons. The number of rotatable bonds is 14. The molecule has 4 heteroatoms. The van der Waals surface area contributed by atoms with Crippen molar-refractivity contribution in [3.63, 3.8) is 0 Å². The third-order valence-electron chi connectivity index (χ3n) is 4.84. The average molecular weight is 467 g/mol. The van der Waals surface area contributed by atoms with E-state index in [1.807, 2.05) is 67.7 Å². The van der Waals surface area contributed by atoms with Crippen LogP contribution in [0.3, 0.4) is 0 Å². The summed E-state index contributed by atoms with van der Waals surface area (Å²) in [6, 6.07) is 10.2. The molecule has 0 unspecified atom stereocenters. The van der Waals surface area contributed by atoms with Crippen molar-refractivity contribution in [1.29, 1.82) is 0 Å². The number of carbonyl (C=O) groups is 1. The Balaban J connectivity index is 2.30. The van der Waals surface area contributed by atoms with Gasteiger partial charge in [0.2, 0.25) is 0 Å². The summed E-state index contributed by atoms with van der Waals surface area (Å²) < 4.78 is 0. The van der Waals surface area contributed by atoms with Crippen LogP contribution >= 0.6 is 11.6 Å². The van der Waals surface area contributed by atoms with Gasteiger partial charge in [0.25, 0.3) is 0 Å². The molecule has 1 aromatic rings. The second-order valence-electron chi connectivity index (χ2n) is 7.81. The number of allylic oxidation sites excluding steroid dienone is 12. The van der Waals surface area contributed by atoms with Crippen LogP contribution < -0.4 is 0 Å². The SMILES string of the molecule is CC(/C=C/C=C/C(=O)O)=C\C=C\C=C(/Cl)[C@@H](C)CC[C@H](O)CC/C=C/C=C/c1ccccc1. The van der Waals surface area contributed by atoms with Gasteiger partial charge in [-0.05, 0) is 50.2 Å². The highest BCUT2D eigenvalue weighted by atomic mass is 35.5. The molecule has 0 saturated heterocycles. The number of carboxylic acid groups (broad SMARTS) is 1. The molecule has 0 fully saturated rings. The number of hydrogen-bond acceptors (Lipinski definition) is 2. The Morgan fingerprint density at radius 1 is 0.939 bits per heavy atom. The molecule has 0 heterocycles. The minimum Gasteiger partial charge on any atom is -0.478 e. The molecule has 0 bridgehead atoms. The first-order valence-electron chi connectivity index (χ1n) is 11.2. The van der Waals surface area contributed by atoms with Crippen molar-refractivity contribution in [3.05, 3.63) is 113 Å². The summed E-state index contributed by atoms with van der Waals surface area (Å²) in [6.07, 6.45) is 24.6. The number of carboxylic acids is 1. The minimum atomic E-state index is -0.966. The van der Waals surface area contributed by atoms with Crippen molar-refractivity contribution in [2.75, 3.05) is 0 Å². The van der Waals surface area contributed by atoms with Gasteiger partial charge >= 0.3 is 5.97 Å². The molecule has 0 spiro atoms. The van der Waals surface area contributed by atoms with E-state index in [4.69, 9.17) is 16.7 Å². The predicted octanol–water partition coefficient (Wildman–Crippen LogP) is 7.64. The van der Waals surface area contributed by atoms with Gasteiger partial charge in [0.1, 0.15) is 0 Å². The largest absolute Gasteiger partial charge is 0.478 e. The van der Waals surface area contributed by atoms with Crippen LogP contribution in [-0.4, -0.2) is 22.3 Å². The van der Waals surface area contributed by atoms with Crippen molar-refractivity contribution in [2.24, 2.45) is 5.92 Å². The zero-order valence-corrected chi connectivity index (χ0v) is 20.2. The normalized spacial score (nSPS) is 15.5. The molecule has 0 radical (unpaired) electrons. The molecule has 0 amide bonds. The minimum absolute atomic E-state index is 0.182. The van der Waals surface area contributed by atoms with Crippen LogP contribution in [0, 0.1) is 5.92 Å². The highest BCUT2D eigenvalue weighted by Gasteiger charge is 2.09. The maximum atomic E-state index is 10.4. The van der Waals surface area contributed by atoms with E-state index in [9.17, 15) is 9.90 Å². The first-order valence-corrected chi connectivity index (χ1v) is 11.6. The Bertz CT molecular complexity index is 902. The van der Waals surface area contributed by atoms with Crippen molar-refractivity contribution in [1.82, 2.24) is 0 Å². The molecule has 0 aliphatic rings. The summed E-state index contributed by atoms with van der Waals surface area (Å²) in [7, 11) is 0. The van der Waals surface area contributed by atoms with Gasteiger partial charge in [-0.3, -0.25) is 0 Å². The third-order valence-corrected chi connectivity index (χ3v) is 5.34. The predicted molar refractivity (Wildman–Crippen MR) is 141 cm³/mol. The molecule has 2 atom stereocenters. The molecule has 1 rings (SSSR count). The van der Waals surface area contributed by atoms with Crippen molar-refractivity contribution >= 4 is 23.6 Å². The summed E-state index contributed by atoms with van der Waals surface area (Å²) in [6.45, 7) is 3.99. The van der Waals surface area contributed by atoms with E-state index in [2.05, 4.69) is 31.2 Å². The third kappa shape index (κ3) is 15.5.